The molecule has 3 atom stereocenters. The van der Waals surface area contributed by atoms with Crippen LogP contribution in [-0.4, -0.2) is 54.5 Å². The van der Waals surface area contributed by atoms with E-state index in [0.29, 0.717) is 86.4 Å². The van der Waals surface area contributed by atoms with Crippen molar-refractivity contribution in [2.24, 2.45) is 17.8 Å². The third-order valence-corrected chi connectivity index (χ3v) is 9.22. The maximum atomic E-state index is 14.0. The van der Waals surface area contributed by atoms with Gasteiger partial charge in [-0.25, -0.2) is 0 Å². The average molecular weight is 613 g/mol. The molecule has 1 fully saturated rings. The van der Waals surface area contributed by atoms with Gasteiger partial charge in [0, 0.05) is 17.5 Å². The third kappa shape index (κ3) is 4.91. The van der Waals surface area contributed by atoms with Crippen molar-refractivity contribution in [3.05, 3.63) is 90.1 Å². The van der Waals surface area contributed by atoms with Crippen molar-refractivity contribution < 1.29 is 23.9 Å². The summed E-state index contributed by atoms with van der Waals surface area (Å²) >= 11 is 0. The molecule has 0 N–H and O–H groups in total. The monoisotopic (exact) mass is 612 g/mol. The van der Waals surface area contributed by atoms with Crippen LogP contribution in [0.4, 0.5) is 0 Å². The summed E-state index contributed by atoms with van der Waals surface area (Å²) < 4.78 is 5.11. The predicted molar refractivity (Wildman–Crippen MR) is 172 cm³/mol. The molecule has 3 aromatic heterocycles. The largest absolute Gasteiger partial charge is 2.00 e. The van der Waals surface area contributed by atoms with Crippen LogP contribution in [0.5, 0.6) is 0 Å². The van der Waals surface area contributed by atoms with Crippen LogP contribution in [0.15, 0.2) is 18.0 Å². The van der Waals surface area contributed by atoms with Crippen molar-refractivity contribution in [1.29, 1.82) is 0 Å². The standard InChI is InChI=1S/C35H33N4O5.Mg/c1-7-19-16(3)23-12-24-17(4)21(10-9-11-40)32(38-24)30-31(35(43)44-6)34(42)29-18(5)25(39-33(29)30)13-27-20(8-2)22(15-41)28(37-27)14-26(19)36-23;/h7,11-15,17,21,31H,1,8-10H2,2-6H3,(H-,38,39,41,42);/q-3;+2/p-1/b24-12-,28-14-;/t17-,21-,31+;/m0./s1. The summed E-state index contributed by atoms with van der Waals surface area (Å²) in [7, 11) is 1.26. The summed E-state index contributed by atoms with van der Waals surface area (Å²) in [6.45, 7) is 11.7. The van der Waals surface area contributed by atoms with Crippen LogP contribution in [-0.2, 0) is 20.7 Å². The number of aromatic nitrogens is 3. The fourth-order valence-electron chi connectivity index (χ4n) is 6.85. The van der Waals surface area contributed by atoms with E-state index in [4.69, 9.17) is 25.0 Å². The van der Waals surface area contributed by atoms with Crippen LogP contribution in [0.25, 0.3) is 35.2 Å². The topological polar surface area (TPSA) is 134 Å². The average Bonchev–Trinajstić information content (AvgIpc) is 3.76. The molecule has 0 saturated carbocycles. The molecule has 3 aliphatic rings. The van der Waals surface area contributed by atoms with Gasteiger partial charge in [-0.1, -0.05) is 67.0 Å². The predicted octanol–water partition coefficient (Wildman–Crippen LogP) is 3.14. The second-order valence-electron chi connectivity index (χ2n) is 11.4. The Labute approximate surface area is 277 Å². The summed E-state index contributed by atoms with van der Waals surface area (Å²) in [6, 6.07) is 0. The molecule has 2 aliphatic heterocycles. The van der Waals surface area contributed by atoms with Crippen LogP contribution < -0.4 is 25.7 Å². The first-order valence-electron chi connectivity index (χ1n) is 14.7. The van der Waals surface area contributed by atoms with Crippen LogP contribution in [0.1, 0.15) is 92.4 Å². The van der Waals surface area contributed by atoms with Crippen molar-refractivity contribution in [3.8, 4) is 0 Å². The zero-order valence-corrected chi connectivity index (χ0v) is 27.5. The molecular weight excluding hydrogens is 581 g/mol. The van der Waals surface area contributed by atoms with E-state index in [1.54, 1.807) is 25.2 Å². The van der Waals surface area contributed by atoms with E-state index >= 15 is 0 Å². The maximum absolute atomic E-state index is 14.0. The zero-order chi connectivity index (χ0) is 31.4. The Kier molecular flexibility index (Phi) is 8.83. The first kappa shape index (κ1) is 32.2. The summed E-state index contributed by atoms with van der Waals surface area (Å²) in [5.74, 6) is -2.67. The molecule has 5 heterocycles. The number of ether oxygens (including phenoxy) is 1. The molecule has 45 heavy (non-hydrogen) atoms. The SMILES string of the molecule is C=Cc1c2[n-]c(c1C)/C=C1\[N-]/C(=C3\c4[n-]c(c(C)c4C(=O)[C@@H]3C(=O)OC)/C=c3\[n-]/c(c(C=O)c3CC)=C\2)[C@@H](CCC=O)[C@@H]1C.[Mg+2]. The minimum Gasteiger partial charge on any atom is -0.664 e. The normalized spacial score (nSPS) is 23.9. The quantitative estimate of drug-likeness (QED) is 0.172. The van der Waals surface area contributed by atoms with Crippen molar-refractivity contribution in [1.82, 2.24) is 15.0 Å². The van der Waals surface area contributed by atoms with Gasteiger partial charge in [0.05, 0.1) is 7.11 Å². The molecule has 9 nitrogen and oxygen atoms in total. The van der Waals surface area contributed by atoms with Gasteiger partial charge in [-0.3, -0.25) is 14.4 Å². The molecular formula is C35H32MgN4O5-2. The summed E-state index contributed by atoms with van der Waals surface area (Å²) in [4.78, 5) is 65.7. The van der Waals surface area contributed by atoms with Crippen LogP contribution in [0, 0.1) is 31.6 Å². The number of nitrogens with zero attached hydrogens (tertiary/aromatic N) is 4. The van der Waals surface area contributed by atoms with E-state index < -0.39 is 17.7 Å². The number of carbonyl (C=O) groups excluding carboxylic acids is 4. The van der Waals surface area contributed by atoms with Crippen LogP contribution in [0.3, 0.4) is 0 Å². The smallest absolute Gasteiger partial charge is 0.664 e. The second kappa shape index (κ2) is 12.3. The van der Waals surface area contributed by atoms with E-state index in [9.17, 15) is 19.2 Å². The van der Waals surface area contributed by atoms with Crippen molar-refractivity contribution in [3.63, 3.8) is 0 Å². The van der Waals surface area contributed by atoms with Crippen LogP contribution in [0.2, 0.25) is 0 Å². The number of carbonyl (C=O) groups is 4. The van der Waals surface area contributed by atoms with Crippen LogP contribution >= 0.6 is 0 Å². The molecule has 0 unspecified atom stereocenters. The first-order valence-corrected chi connectivity index (χ1v) is 14.7. The molecule has 6 rings (SSSR count). The Morgan fingerprint density at radius 3 is 2.36 bits per heavy atom. The van der Waals surface area contributed by atoms with Gasteiger partial charge in [0.25, 0.3) is 0 Å². The number of fused-ring (bicyclic) bond motifs is 7. The number of hydrogen-bond acceptors (Lipinski definition) is 5. The van der Waals surface area contributed by atoms with E-state index in [1.807, 2.05) is 26.8 Å². The molecule has 8 bridgehead atoms. The minimum atomic E-state index is -1.21. The number of Topliss-reactive ketones (excluding diaryl/α,β-unsaturated/α-hetero) is 1. The second-order valence-corrected chi connectivity index (χ2v) is 11.4. The van der Waals surface area contributed by atoms with Gasteiger partial charge < -0.3 is 29.8 Å². The summed E-state index contributed by atoms with van der Waals surface area (Å²) in [5, 5.41) is 6.13. The molecule has 0 aromatic carbocycles. The fraction of sp³-hybridized carbons (Fsp3) is 0.314. The minimum absolute atomic E-state index is 0. The van der Waals surface area contributed by atoms with E-state index in [1.165, 1.54) is 7.11 Å². The van der Waals surface area contributed by atoms with Crippen molar-refractivity contribution in [2.45, 2.75) is 47.0 Å². The van der Waals surface area contributed by atoms with Gasteiger partial charge in [-0.15, -0.1) is 33.5 Å². The maximum Gasteiger partial charge on any atom is 2.00 e. The molecule has 3 aromatic rings. The van der Waals surface area contributed by atoms with E-state index in [0.717, 1.165) is 29.3 Å². The van der Waals surface area contributed by atoms with Crippen molar-refractivity contribution in [2.75, 3.05) is 7.11 Å². The number of methoxy groups -OCH3 is 1. The molecule has 1 aliphatic carbocycles. The Hall–Kier alpha value is -4.15. The van der Waals surface area contributed by atoms with Crippen molar-refractivity contribution >= 4 is 77.3 Å². The number of allylic oxidation sites excluding steroid dienone is 2. The number of ketones is 1. The summed E-state index contributed by atoms with van der Waals surface area (Å²) in [6.07, 6.45) is 10.3. The molecule has 226 valence electrons. The molecule has 10 heteroatoms. The fourth-order valence-corrected chi connectivity index (χ4v) is 6.85. The number of esters is 1. The van der Waals surface area contributed by atoms with E-state index in [2.05, 4.69) is 6.58 Å². The number of rotatable bonds is 7. The third-order valence-electron chi connectivity index (χ3n) is 9.22. The molecule has 0 spiro atoms. The Balaban J connectivity index is 0.00000400. The molecule has 0 radical (unpaired) electrons. The Morgan fingerprint density at radius 1 is 1.00 bits per heavy atom. The van der Waals surface area contributed by atoms with Gasteiger partial charge in [0.15, 0.2) is 5.78 Å². The Bertz CT molecular complexity index is 1970. The van der Waals surface area contributed by atoms with Gasteiger partial charge >= 0.3 is 29.0 Å². The first-order chi connectivity index (χ1) is 21.2. The molecule has 0 amide bonds. The van der Waals surface area contributed by atoms with Gasteiger partial charge in [-0.2, -0.15) is 11.4 Å². The summed E-state index contributed by atoms with van der Waals surface area (Å²) in [5.41, 5.74) is 7.86. The number of hydrogen-bond donors (Lipinski definition) is 0. The van der Waals surface area contributed by atoms with Gasteiger partial charge in [-0.05, 0) is 44.1 Å². The van der Waals surface area contributed by atoms with E-state index in [-0.39, 0.29) is 34.9 Å². The zero-order valence-electron chi connectivity index (χ0n) is 26.1. The van der Waals surface area contributed by atoms with Gasteiger partial charge in [0.1, 0.15) is 18.5 Å². The number of aldehydes is 2. The Morgan fingerprint density at radius 2 is 1.71 bits per heavy atom. The molecule has 1 saturated heterocycles. The van der Waals surface area contributed by atoms with Gasteiger partial charge in [0.2, 0.25) is 0 Å².